The molecule has 9 heteroatoms. The predicted molar refractivity (Wildman–Crippen MR) is 109 cm³/mol. The number of halogens is 3. The van der Waals surface area contributed by atoms with E-state index in [2.05, 4.69) is 15.6 Å². The Labute approximate surface area is 175 Å². The number of pyridine rings is 1. The number of aromatic nitrogens is 1. The lowest BCUT2D eigenvalue weighted by molar-refractivity contribution is 0.0967. The third-order valence-corrected chi connectivity index (χ3v) is 4.33. The van der Waals surface area contributed by atoms with E-state index in [0.717, 1.165) is 0 Å². The zero-order valence-corrected chi connectivity index (χ0v) is 16.3. The maximum atomic E-state index is 12.2. The van der Waals surface area contributed by atoms with E-state index in [0.29, 0.717) is 22.3 Å². The number of ether oxygens (including phenoxy) is 1. The molecule has 1 heterocycles. The van der Waals surface area contributed by atoms with E-state index >= 15 is 0 Å². The Morgan fingerprint density at radius 3 is 2.18 bits per heavy atom. The number of rotatable bonds is 4. The van der Waals surface area contributed by atoms with Gasteiger partial charge in [-0.1, -0.05) is 40.9 Å². The molecule has 0 unspecified atom stereocenters. The summed E-state index contributed by atoms with van der Waals surface area (Å²) in [6.45, 7) is 0. The van der Waals surface area contributed by atoms with Gasteiger partial charge in [-0.3, -0.25) is 10.1 Å². The summed E-state index contributed by atoms with van der Waals surface area (Å²) in [7, 11) is 0. The van der Waals surface area contributed by atoms with E-state index in [4.69, 9.17) is 39.5 Å². The molecule has 6 nitrogen and oxygen atoms in total. The third-order valence-electron chi connectivity index (χ3n) is 3.45. The molecular weight excluding hydrogens is 425 g/mol. The van der Waals surface area contributed by atoms with Crippen molar-refractivity contribution in [3.8, 4) is 11.6 Å². The van der Waals surface area contributed by atoms with E-state index in [1.54, 1.807) is 42.5 Å². The molecule has 0 saturated heterocycles. The summed E-state index contributed by atoms with van der Waals surface area (Å²) in [6, 6.07) is 13.8. The van der Waals surface area contributed by atoms with Crippen LogP contribution in [0.2, 0.25) is 15.1 Å². The van der Waals surface area contributed by atoms with Crippen molar-refractivity contribution in [2.45, 2.75) is 0 Å². The quantitative estimate of drug-likeness (QED) is 0.542. The minimum absolute atomic E-state index is 0.0193. The van der Waals surface area contributed by atoms with Crippen LogP contribution < -0.4 is 15.4 Å². The highest BCUT2D eigenvalue weighted by atomic mass is 35.5. The van der Waals surface area contributed by atoms with Crippen molar-refractivity contribution in [3.05, 3.63) is 81.4 Å². The smallest absolute Gasteiger partial charge is 0.326 e. The van der Waals surface area contributed by atoms with Crippen molar-refractivity contribution >= 4 is 52.4 Å². The zero-order chi connectivity index (χ0) is 20.1. The minimum Gasteiger partial charge on any atom is -0.439 e. The molecule has 28 heavy (non-hydrogen) atoms. The molecule has 2 N–H and O–H groups in total. The van der Waals surface area contributed by atoms with Crippen LogP contribution in [0.3, 0.4) is 0 Å². The number of nitrogens with one attached hydrogen (secondary N) is 2. The first-order chi connectivity index (χ1) is 13.4. The molecule has 0 bridgehead atoms. The molecule has 3 aromatic rings. The maximum absolute atomic E-state index is 12.2. The average molecular weight is 437 g/mol. The topological polar surface area (TPSA) is 80.3 Å². The Balaban J connectivity index is 1.60. The molecule has 0 saturated carbocycles. The van der Waals surface area contributed by atoms with Gasteiger partial charge >= 0.3 is 6.03 Å². The number of amides is 3. The fourth-order valence-corrected chi connectivity index (χ4v) is 2.88. The van der Waals surface area contributed by atoms with Crippen LogP contribution in [0.1, 0.15) is 10.4 Å². The number of anilines is 1. The molecule has 0 aliphatic heterocycles. The first kappa shape index (κ1) is 19.9. The first-order valence-corrected chi connectivity index (χ1v) is 9.01. The number of imide groups is 1. The maximum Gasteiger partial charge on any atom is 0.326 e. The minimum atomic E-state index is -0.755. The van der Waals surface area contributed by atoms with Gasteiger partial charge in [0.05, 0.1) is 27.5 Å². The Kier molecular flexibility index (Phi) is 6.36. The predicted octanol–water partition coefficient (Wildman–Crippen LogP) is 5.80. The van der Waals surface area contributed by atoms with Crippen molar-refractivity contribution in [2.24, 2.45) is 0 Å². The van der Waals surface area contributed by atoms with Gasteiger partial charge in [-0.05, 0) is 42.5 Å². The van der Waals surface area contributed by atoms with Crippen LogP contribution in [-0.4, -0.2) is 16.9 Å². The van der Waals surface area contributed by atoms with Gasteiger partial charge < -0.3 is 10.1 Å². The van der Waals surface area contributed by atoms with E-state index in [9.17, 15) is 9.59 Å². The molecule has 0 aliphatic rings. The zero-order valence-electron chi connectivity index (χ0n) is 14.1. The molecule has 1 aromatic heterocycles. The number of hydrogen-bond donors (Lipinski definition) is 2. The summed E-state index contributed by atoms with van der Waals surface area (Å²) in [5.41, 5.74) is 0.379. The molecule has 0 aliphatic carbocycles. The van der Waals surface area contributed by atoms with Crippen molar-refractivity contribution in [3.63, 3.8) is 0 Å². The molecule has 3 rings (SSSR count). The lowest BCUT2D eigenvalue weighted by Crippen LogP contribution is -2.34. The van der Waals surface area contributed by atoms with Crippen LogP contribution in [0.15, 0.2) is 60.8 Å². The Bertz CT molecular complexity index is 989. The van der Waals surface area contributed by atoms with Gasteiger partial charge in [-0.2, -0.15) is 0 Å². The van der Waals surface area contributed by atoms with Gasteiger partial charge in [-0.15, -0.1) is 0 Å². The second-order valence-corrected chi connectivity index (χ2v) is 6.70. The van der Waals surface area contributed by atoms with Crippen molar-refractivity contribution in [1.82, 2.24) is 10.3 Å². The number of hydrogen-bond acceptors (Lipinski definition) is 4. The number of carbonyl (C=O) groups excluding carboxylic acids is 2. The summed E-state index contributed by atoms with van der Waals surface area (Å²) in [6.07, 6.45) is 1.39. The number of nitrogens with zero attached hydrogens (tertiary/aromatic N) is 1. The summed E-state index contributed by atoms with van der Waals surface area (Å²) >= 11 is 17.7. The van der Waals surface area contributed by atoms with Gasteiger partial charge in [0.15, 0.2) is 0 Å². The van der Waals surface area contributed by atoms with E-state index in [-0.39, 0.29) is 15.6 Å². The van der Waals surface area contributed by atoms with Gasteiger partial charge in [-0.25, -0.2) is 9.78 Å². The first-order valence-electron chi connectivity index (χ1n) is 7.88. The standard InChI is InChI=1S/C19H12Cl3N3O3/c20-11-4-7-13(8-5-11)28-16-9-6-12(10-23-16)24-19(27)25-18(26)17-14(21)2-1-3-15(17)22/h1-10H,(H2,24,25,26,27). The molecule has 3 amide bonds. The van der Waals surface area contributed by atoms with Crippen LogP contribution in [0.25, 0.3) is 0 Å². The Morgan fingerprint density at radius 2 is 1.57 bits per heavy atom. The van der Waals surface area contributed by atoms with Crippen LogP contribution in [-0.2, 0) is 0 Å². The lowest BCUT2D eigenvalue weighted by atomic mass is 10.2. The third kappa shape index (κ3) is 5.13. The Morgan fingerprint density at radius 1 is 0.893 bits per heavy atom. The molecule has 0 atom stereocenters. The monoisotopic (exact) mass is 435 g/mol. The number of urea groups is 1. The van der Waals surface area contributed by atoms with Gasteiger partial charge in [0.25, 0.3) is 5.91 Å². The lowest BCUT2D eigenvalue weighted by Gasteiger charge is -2.09. The fourth-order valence-electron chi connectivity index (χ4n) is 2.18. The van der Waals surface area contributed by atoms with Crippen LogP contribution in [0, 0.1) is 0 Å². The van der Waals surface area contributed by atoms with Crippen LogP contribution in [0.5, 0.6) is 11.6 Å². The largest absolute Gasteiger partial charge is 0.439 e. The summed E-state index contributed by atoms with van der Waals surface area (Å²) in [4.78, 5) is 28.3. The molecule has 0 radical (unpaired) electrons. The van der Waals surface area contributed by atoms with E-state index < -0.39 is 11.9 Å². The molecule has 2 aromatic carbocycles. The van der Waals surface area contributed by atoms with Crippen molar-refractivity contribution < 1.29 is 14.3 Å². The van der Waals surface area contributed by atoms with Gasteiger partial charge in [0, 0.05) is 11.1 Å². The highest BCUT2D eigenvalue weighted by Crippen LogP contribution is 2.24. The van der Waals surface area contributed by atoms with Crippen molar-refractivity contribution in [2.75, 3.05) is 5.32 Å². The van der Waals surface area contributed by atoms with Gasteiger partial charge in [0.1, 0.15) is 5.75 Å². The second kappa shape index (κ2) is 8.93. The second-order valence-electron chi connectivity index (χ2n) is 5.45. The fraction of sp³-hybridized carbons (Fsp3) is 0. The van der Waals surface area contributed by atoms with E-state index in [1.165, 1.54) is 18.3 Å². The number of benzene rings is 2. The summed E-state index contributed by atoms with van der Waals surface area (Å²) in [5.74, 6) is 0.175. The molecular formula is C19H12Cl3N3O3. The van der Waals surface area contributed by atoms with Crippen LogP contribution >= 0.6 is 34.8 Å². The van der Waals surface area contributed by atoms with Crippen molar-refractivity contribution in [1.29, 1.82) is 0 Å². The van der Waals surface area contributed by atoms with Crippen LogP contribution in [0.4, 0.5) is 10.5 Å². The highest BCUT2D eigenvalue weighted by Gasteiger charge is 2.17. The normalized spacial score (nSPS) is 10.2. The summed E-state index contributed by atoms with van der Waals surface area (Å²) < 4.78 is 5.56. The molecule has 0 spiro atoms. The average Bonchev–Trinajstić information content (AvgIpc) is 2.65. The van der Waals surface area contributed by atoms with Gasteiger partial charge in [0.2, 0.25) is 5.88 Å². The van der Waals surface area contributed by atoms with E-state index in [1.807, 2.05) is 0 Å². The Hall–Kier alpha value is -2.80. The molecule has 0 fully saturated rings. The number of carbonyl (C=O) groups is 2. The highest BCUT2D eigenvalue weighted by molar-refractivity contribution is 6.40. The SMILES string of the molecule is O=C(NC(=O)c1c(Cl)cccc1Cl)Nc1ccc(Oc2ccc(Cl)cc2)nc1. The summed E-state index contributed by atoms with van der Waals surface area (Å²) in [5, 5.41) is 5.52. The molecule has 142 valence electrons.